The summed E-state index contributed by atoms with van der Waals surface area (Å²) in [4.78, 5) is 0. The molecule has 0 aromatic heterocycles. The molecule has 2 N–H and O–H groups in total. The summed E-state index contributed by atoms with van der Waals surface area (Å²) in [5.41, 5.74) is 0.588. The van der Waals surface area contributed by atoms with Crippen molar-refractivity contribution in [3.05, 3.63) is 28.2 Å². The molecule has 0 fully saturated rings. The van der Waals surface area contributed by atoms with Gasteiger partial charge in [0.1, 0.15) is 0 Å². The minimum absolute atomic E-state index is 0.315. The first-order valence-corrected chi connectivity index (χ1v) is 5.47. The average molecular weight is 235 g/mol. The average Bonchev–Trinajstić information content (AvgIpc) is 2.11. The number of hydrogen-bond donors (Lipinski definition) is 2. The zero-order valence-electron chi connectivity index (χ0n) is 6.90. The van der Waals surface area contributed by atoms with Crippen LogP contribution in [0.5, 0.6) is 0 Å². The number of nitrogens with one attached hydrogen (secondary N) is 2. The fourth-order valence-corrected chi connectivity index (χ4v) is 1.48. The van der Waals surface area contributed by atoms with E-state index in [0.29, 0.717) is 20.9 Å². The number of amidine groups is 1. The van der Waals surface area contributed by atoms with Gasteiger partial charge in [0.15, 0.2) is 5.17 Å². The highest BCUT2D eigenvalue weighted by Gasteiger charge is 2.05. The Morgan fingerprint density at radius 3 is 2.38 bits per heavy atom. The monoisotopic (exact) mass is 234 g/mol. The van der Waals surface area contributed by atoms with Gasteiger partial charge in [-0.15, -0.1) is 0 Å². The maximum absolute atomic E-state index is 7.40. The predicted octanol–water partition coefficient (Wildman–Crippen LogP) is 3.70. The van der Waals surface area contributed by atoms with Crippen LogP contribution in [0.2, 0.25) is 10.0 Å². The second-order valence-corrected chi connectivity index (χ2v) is 3.89. The maximum Gasteiger partial charge on any atom is 0.157 e. The van der Waals surface area contributed by atoms with Gasteiger partial charge in [-0.2, -0.15) is 0 Å². The molecule has 0 aliphatic heterocycles. The summed E-state index contributed by atoms with van der Waals surface area (Å²) in [6.07, 6.45) is 1.81. The van der Waals surface area contributed by atoms with Gasteiger partial charge < -0.3 is 5.32 Å². The molecular weight excluding hydrogens is 227 g/mol. The normalized spacial score (nSPS) is 9.77. The third kappa shape index (κ3) is 2.79. The van der Waals surface area contributed by atoms with Gasteiger partial charge in [0.25, 0.3) is 0 Å². The molecule has 0 bridgehead atoms. The zero-order valence-corrected chi connectivity index (χ0v) is 9.22. The van der Waals surface area contributed by atoms with E-state index in [0.717, 1.165) is 0 Å². The van der Waals surface area contributed by atoms with Crippen LogP contribution in [0.4, 0.5) is 5.69 Å². The van der Waals surface area contributed by atoms with Gasteiger partial charge in [0.2, 0.25) is 0 Å². The lowest BCUT2D eigenvalue weighted by Gasteiger charge is -2.08. The third-order valence-corrected chi connectivity index (χ3v) is 2.55. The van der Waals surface area contributed by atoms with Gasteiger partial charge in [-0.1, -0.05) is 41.0 Å². The molecular formula is C8H8Cl2N2S. The second kappa shape index (κ2) is 4.74. The number of halogens is 2. The van der Waals surface area contributed by atoms with Crippen molar-refractivity contribution in [2.75, 3.05) is 11.6 Å². The van der Waals surface area contributed by atoms with E-state index in [1.807, 2.05) is 0 Å². The molecule has 0 aliphatic rings. The van der Waals surface area contributed by atoms with E-state index in [1.165, 1.54) is 11.8 Å². The molecule has 0 amide bonds. The molecule has 0 unspecified atom stereocenters. The number of rotatable bonds is 1. The van der Waals surface area contributed by atoms with Crippen molar-refractivity contribution in [1.82, 2.24) is 0 Å². The third-order valence-electron chi connectivity index (χ3n) is 1.41. The summed E-state index contributed by atoms with van der Waals surface area (Å²) in [5, 5.41) is 11.6. The Labute approximate surface area is 91.1 Å². The van der Waals surface area contributed by atoms with Crippen molar-refractivity contribution < 1.29 is 0 Å². The van der Waals surface area contributed by atoms with Crippen LogP contribution in [-0.4, -0.2) is 11.4 Å². The summed E-state index contributed by atoms with van der Waals surface area (Å²) in [7, 11) is 0. The lowest BCUT2D eigenvalue weighted by molar-refractivity contribution is 1.51. The Kier molecular flexibility index (Phi) is 3.90. The van der Waals surface area contributed by atoms with Gasteiger partial charge in [0.05, 0.1) is 15.7 Å². The molecule has 5 heteroatoms. The van der Waals surface area contributed by atoms with E-state index in [-0.39, 0.29) is 0 Å². The molecule has 1 aromatic rings. The standard InChI is InChI=1S/C8H8Cl2N2S/c1-13-8(11)12-7-5(9)3-2-4-6(7)10/h2-4H,1H3,(H2,11,12). The number of anilines is 1. The van der Waals surface area contributed by atoms with Crippen LogP contribution in [0.1, 0.15) is 0 Å². The smallest absolute Gasteiger partial charge is 0.157 e. The molecule has 0 spiro atoms. The first-order valence-electron chi connectivity index (χ1n) is 3.48. The minimum Gasteiger partial charge on any atom is -0.333 e. The van der Waals surface area contributed by atoms with E-state index >= 15 is 0 Å². The number of para-hydroxylation sites is 1. The molecule has 0 aliphatic carbocycles. The Balaban J connectivity index is 2.93. The molecule has 1 rings (SSSR count). The minimum atomic E-state index is 0.315. The van der Waals surface area contributed by atoms with E-state index < -0.39 is 0 Å². The van der Waals surface area contributed by atoms with Crippen LogP contribution >= 0.6 is 35.0 Å². The summed E-state index contributed by atoms with van der Waals surface area (Å²) >= 11 is 13.0. The van der Waals surface area contributed by atoms with E-state index in [1.54, 1.807) is 24.5 Å². The maximum atomic E-state index is 7.40. The van der Waals surface area contributed by atoms with Crippen molar-refractivity contribution >= 4 is 45.8 Å². The van der Waals surface area contributed by atoms with Gasteiger partial charge in [0, 0.05) is 0 Å². The first-order chi connectivity index (χ1) is 6.15. The Bertz CT molecular complexity index is 308. The Morgan fingerprint density at radius 1 is 1.38 bits per heavy atom. The molecule has 1 aromatic carbocycles. The lowest BCUT2D eigenvalue weighted by Crippen LogP contribution is -2.05. The Morgan fingerprint density at radius 2 is 1.92 bits per heavy atom. The van der Waals surface area contributed by atoms with Gasteiger partial charge in [-0.3, -0.25) is 5.41 Å². The van der Waals surface area contributed by atoms with Crippen molar-refractivity contribution in [2.45, 2.75) is 0 Å². The number of hydrogen-bond acceptors (Lipinski definition) is 2. The van der Waals surface area contributed by atoms with Crippen LogP contribution in [0.3, 0.4) is 0 Å². The Hall–Kier alpha value is -0.380. The van der Waals surface area contributed by atoms with Crippen LogP contribution in [0.25, 0.3) is 0 Å². The van der Waals surface area contributed by atoms with Gasteiger partial charge in [-0.25, -0.2) is 0 Å². The van der Waals surface area contributed by atoms with Crippen molar-refractivity contribution in [2.24, 2.45) is 0 Å². The summed E-state index contributed by atoms with van der Waals surface area (Å²) in [6, 6.07) is 5.21. The highest BCUT2D eigenvalue weighted by molar-refractivity contribution is 8.13. The topological polar surface area (TPSA) is 35.9 Å². The van der Waals surface area contributed by atoms with E-state index in [9.17, 15) is 0 Å². The summed E-state index contributed by atoms with van der Waals surface area (Å²) in [6.45, 7) is 0. The lowest BCUT2D eigenvalue weighted by atomic mass is 10.3. The highest BCUT2D eigenvalue weighted by Crippen LogP contribution is 2.30. The molecule has 70 valence electrons. The van der Waals surface area contributed by atoms with Crippen LogP contribution < -0.4 is 5.32 Å². The summed E-state index contributed by atoms with van der Waals surface area (Å²) in [5.74, 6) is 0. The summed E-state index contributed by atoms with van der Waals surface area (Å²) < 4.78 is 0. The molecule has 0 saturated carbocycles. The molecule has 0 saturated heterocycles. The first kappa shape index (κ1) is 10.7. The quantitative estimate of drug-likeness (QED) is 0.575. The molecule has 0 atom stereocenters. The van der Waals surface area contributed by atoms with Gasteiger partial charge >= 0.3 is 0 Å². The van der Waals surface area contributed by atoms with Crippen LogP contribution in [-0.2, 0) is 0 Å². The van der Waals surface area contributed by atoms with Crippen LogP contribution in [0.15, 0.2) is 18.2 Å². The fourth-order valence-electron chi connectivity index (χ4n) is 0.782. The zero-order chi connectivity index (χ0) is 9.84. The predicted molar refractivity (Wildman–Crippen MR) is 61.3 cm³/mol. The van der Waals surface area contributed by atoms with E-state index in [2.05, 4.69) is 5.32 Å². The molecule has 0 radical (unpaired) electrons. The fraction of sp³-hybridized carbons (Fsp3) is 0.125. The second-order valence-electron chi connectivity index (χ2n) is 2.25. The molecule has 0 heterocycles. The number of thioether (sulfide) groups is 1. The van der Waals surface area contributed by atoms with Crippen LogP contribution in [0, 0.1) is 5.41 Å². The molecule has 13 heavy (non-hydrogen) atoms. The van der Waals surface area contributed by atoms with E-state index in [4.69, 9.17) is 28.6 Å². The molecule has 2 nitrogen and oxygen atoms in total. The van der Waals surface area contributed by atoms with Crippen molar-refractivity contribution in [1.29, 1.82) is 5.41 Å². The highest BCUT2D eigenvalue weighted by atomic mass is 35.5. The van der Waals surface area contributed by atoms with Crippen molar-refractivity contribution in [3.63, 3.8) is 0 Å². The largest absolute Gasteiger partial charge is 0.333 e. The van der Waals surface area contributed by atoms with Crippen molar-refractivity contribution in [3.8, 4) is 0 Å². The number of benzene rings is 1. The SMILES string of the molecule is CSC(=N)Nc1c(Cl)cccc1Cl. The van der Waals surface area contributed by atoms with Gasteiger partial charge in [-0.05, 0) is 18.4 Å².